The third-order valence-electron chi connectivity index (χ3n) is 5.80. The highest BCUT2D eigenvalue weighted by Crippen LogP contribution is 2.36. The van der Waals surface area contributed by atoms with Gasteiger partial charge in [-0.2, -0.15) is 0 Å². The van der Waals surface area contributed by atoms with Crippen LogP contribution < -0.4 is 10.2 Å². The summed E-state index contributed by atoms with van der Waals surface area (Å²) in [5.41, 5.74) is 1.49. The number of ether oxygens (including phenoxy) is 1. The van der Waals surface area contributed by atoms with Gasteiger partial charge >= 0.3 is 5.97 Å². The van der Waals surface area contributed by atoms with Crippen LogP contribution in [0.15, 0.2) is 41.3 Å². The molecule has 2 aliphatic heterocycles. The lowest BCUT2D eigenvalue weighted by molar-refractivity contribution is -0.134. The van der Waals surface area contributed by atoms with Gasteiger partial charge in [0.1, 0.15) is 5.82 Å². The largest absolute Gasteiger partial charge is 0.452 e. The van der Waals surface area contributed by atoms with E-state index in [0.29, 0.717) is 43.1 Å². The zero-order chi connectivity index (χ0) is 24.4. The Morgan fingerprint density at radius 1 is 1.09 bits per heavy atom. The Balaban J connectivity index is 1.29. The average molecular weight is 486 g/mol. The number of fused-ring (bicyclic) bond motifs is 1. The average Bonchev–Trinajstić information content (AvgIpc) is 2.82. The summed E-state index contributed by atoms with van der Waals surface area (Å²) >= 11 is 1.41. The monoisotopic (exact) mass is 485 g/mol. The van der Waals surface area contributed by atoms with Gasteiger partial charge in [-0.3, -0.25) is 14.4 Å². The number of Topliss-reactive ketones (excluding diaryl/α,β-unsaturated/α-hetero) is 1. The van der Waals surface area contributed by atoms with Gasteiger partial charge < -0.3 is 19.9 Å². The van der Waals surface area contributed by atoms with Crippen molar-refractivity contribution in [3.8, 4) is 0 Å². The number of esters is 1. The van der Waals surface area contributed by atoms with E-state index in [2.05, 4.69) is 5.32 Å². The maximum atomic E-state index is 14.4. The second-order valence-corrected chi connectivity index (χ2v) is 9.51. The highest BCUT2D eigenvalue weighted by molar-refractivity contribution is 8.00. The van der Waals surface area contributed by atoms with Gasteiger partial charge in [-0.1, -0.05) is 0 Å². The second-order valence-electron chi connectivity index (χ2n) is 8.13. The number of rotatable bonds is 5. The number of carbonyl (C=O) groups is 4. The molecule has 0 saturated carbocycles. The lowest BCUT2D eigenvalue weighted by Gasteiger charge is -2.36. The number of thioether (sulfide) groups is 1. The fourth-order valence-electron chi connectivity index (χ4n) is 3.82. The van der Waals surface area contributed by atoms with Crippen LogP contribution in [-0.2, 0) is 14.3 Å². The molecule has 0 spiro atoms. The molecule has 178 valence electrons. The van der Waals surface area contributed by atoms with Crippen LogP contribution in [-0.4, -0.2) is 66.5 Å². The van der Waals surface area contributed by atoms with Gasteiger partial charge in [0, 0.05) is 36.6 Å². The Kier molecular flexibility index (Phi) is 6.87. The molecule has 1 fully saturated rings. The SMILES string of the molecule is CC(=O)c1ccc(N2CCN(C(=O)COC(=O)c3ccc4c(c3)NC(=O)C(C)S4)CC2)c(F)c1. The molecule has 2 aromatic carbocycles. The molecule has 0 bridgehead atoms. The number of nitrogens with one attached hydrogen (secondary N) is 1. The summed E-state index contributed by atoms with van der Waals surface area (Å²) in [4.78, 5) is 52.5. The van der Waals surface area contributed by atoms with Crippen molar-refractivity contribution in [1.29, 1.82) is 0 Å². The first kappa shape index (κ1) is 23.7. The van der Waals surface area contributed by atoms with Gasteiger partial charge in [-0.05, 0) is 50.2 Å². The Labute approximate surface area is 200 Å². The third kappa shape index (κ3) is 5.06. The zero-order valence-electron chi connectivity index (χ0n) is 18.8. The van der Waals surface area contributed by atoms with Crippen LogP contribution in [0.2, 0.25) is 0 Å². The van der Waals surface area contributed by atoms with Crippen molar-refractivity contribution in [2.75, 3.05) is 43.0 Å². The van der Waals surface area contributed by atoms with Crippen molar-refractivity contribution >= 4 is 46.7 Å². The van der Waals surface area contributed by atoms with E-state index in [-0.39, 0.29) is 28.4 Å². The number of hydrogen-bond donors (Lipinski definition) is 1. The zero-order valence-corrected chi connectivity index (χ0v) is 19.6. The van der Waals surface area contributed by atoms with Crippen molar-refractivity contribution < 1.29 is 28.3 Å². The van der Waals surface area contributed by atoms with Crippen molar-refractivity contribution in [3.63, 3.8) is 0 Å². The molecule has 1 saturated heterocycles. The molecular weight excluding hydrogens is 461 g/mol. The normalized spacial score (nSPS) is 17.6. The first-order chi connectivity index (χ1) is 16.2. The minimum absolute atomic E-state index is 0.132. The van der Waals surface area contributed by atoms with Crippen LogP contribution in [0, 0.1) is 5.82 Å². The Hall–Kier alpha value is -3.40. The molecule has 34 heavy (non-hydrogen) atoms. The van der Waals surface area contributed by atoms with Crippen molar-refractivity contribution in [1.82, 2.24) is 4.90 Å². The summed E-state index contributed by atoms with van der Waals surface area (Å²) < 4.78 is 19.6. The Morgan fingerprint density at radius 3 is 2.47 bits per heavy atom. The third-order valence-corrected chi connectivity index (χ3v) is 6.98. The summed E-state index contributed by atoms with van der Waals surface area (Å²) in [7, 11) is 0. The van der Waals surface area contributed by atoms with Gasteiger partial charge in [0.2, 0.25) is 5.91 Å². The van der Waals surface area contributed by atoms with Gasteiger partial charge in [-0.15, -0.1) is 11.8 Å². The molecule has 2 amide bonds. The van der Waals surface area contributed by atoms with Gasteiger partial charge in [0.15, 0.2) is 12.4 Å². The maximum absolute atomic E-state index is 14.4. The molecule has 2 heterocycles. The van der Waals surface area contributed by atoms with Gasteiger partial charge in [0.05, 0.1) is 22.2 Å². The van der Waals surface area contributed by atoms with E-state index in [4.69, 9.17) is 4.74 Å². The molecule has 0 aromatic heterocycles. The predicted octanol–water partition coefficient (Wildman–Crippen LogP) is 2.97. The first-order valence-corrected chi connectivity index (χ1v) is 11.7. The minimum Gasteiger partial charge on any atom is -0.452 e. The molecule has 2 aromatic rings. The van der Waals surface area contributed by atoms with E-state index >= 15 is 0 Å². The van der Waals surface area contributed by atoms with Gasteiger partial charge in [-0.25, -0.2) is 9.18 Å². The molecule has 0 aliphatic carbocycles. The first-order valence-electron chi connectivity index (χ1n) is 10.8. The van der Waals surface area contributed by atoms with Crippen LogP contribution in [0.3, 0.4) is 0 Å². The summed E-state index contributed by atoms with van der Waals surface area (Å²) in [6.07, 6.45) is 0. The maximum Gasteiger partial charge on any atom is 0.338 e. The smallest absolute Gasteiger partial charge is 0.338 e. The number of ketones is 1. The number of hydrogen-bond acceptors (Lipinski definition) is 7. The summed E-state index contributed by atoms with van der Waals surface area (Å²) in [5, 5.41) is 2.55. The van der Waals surface area contributed by atoms with E-state index < -0.39 is 18.4 Å². The van der Waals surface area contributed by atoms with Crippen molar-refractivity contribution in [2.45, 2.75) is 24.0 Å². The van der Waals surface area contributed by atoms with E-state index in [0.717, 1.165) is 4.90 Å². The molecule has 1 atom stereocenters. The highest BCUT2D eigenvalue weighted by Gasteiger charge is 2.26. The van der Waals surface area contributed by atoms with Gasteiger partial charge in [0.25, 0.3) is 5.91 Å². The molecule has 0 radical (unpaired) electrons. The minimum atomic E-state index is -0.653. The molecule has 4 rings (SSSR count). The molecule has 1 N–H and O–H groups in total. The fraction of sp³-hybridized carbons (Fsp3) is 0.333. The number of amides is 2. The van der Waals surface area contributed by atoms with Crippen LogP contribution in [0.25, 0.3) is 0 Å². The molecule has 1 unspecified atom stereocenters. The lowest BCUT2D eigenvalue weighted by atomic mass is 10.1. The van der Waals surface area contributed by atoms with E-state index in [1.54, 1.807) is 42.2 Å². The number of halogens is 1. The highest BCUT2D eigenvalue weighted by atomic mass is 32.2. The van der Waals surface area contributed by atoms with E-state index in [1.165, 1.54) is 24.8 Å². The molecule has 2 aliphatic rings. The van der Waals surface area contributed by atoms with Crippen molar-refractivity contribution in [2.24, 2.45) is 0 Å². The number of benzene rings is 2. The van der Waals surface area contributed by atoms with E-state index in [9.17, 15) is 23.6 Å². The second kappa shape index (κ2) is 9.84. The summed E-state index contributed by atoms with van der Waals surface area (Å²) in [6, 6.07) is 9.28. The van der Waals surface area contributed by atoms with Crippen molar-refractivity contribution in [3.05, 3.63) is 53.3 Å². The fourth-order valence-corrected chi connectivity index (χ4v) is 4.75. The summed E-state index contributed by atoms with van der Waals surface area (Å²) in [5.74, 6) is -1.80. The van der Waals surface area contributed by atoms with Crippen LogP contribution in [0.4, 0.5) is 15.8 Å². The number of nitrogens with zero attached hydrogens (tertiary/aromatic N) is 2. The number of anilines is 2. The molecule has 8 nitrogen and oxygen atoms in total. The topological polar surface area (TPSA) is 96.0 Å². The molecule has 10 heteroatoms. The lowest BCUT2D eigenvalue weighted by Crippen LogP contribution is -2.50. The quantitative estimate of drug-likeness (QED) is 0.514. The molecular formula is C24H24FN3O5S. The van der Waals surface area contributed by atoms with Crippen LogP contribution >= 0.6 is 11.8 Å². The van der Waals surface area contributed by atoms with Crippen LogP contribution in [0.5, 0.6) is 0 Å². The Bertz CT molecular complexity index is 1160. The Morgan fingerprint density at radius 2 is 1.79 bits per heavy atom. The standard InChI is InChI=1S/C24H24FN3O5S/c1-14(29)16-3-5-20(18(25)11-16)27-7-9-28(10-8-27)22(30)13-33-24(32)17-4-6-21-19(12-17)26-23(31)15(2)34-21/h3-6,11-12,15H,7-10,13H2,1-2H3,(H,26,31). The summed E-state index contributed by atoms with van der Waals surface area (Å²) in [6.45, 7) is 4.31. The van der Waals surface area contributed by atoms with Crippen LogP contribution in [0.1, 0.15) is 34.6 Å². The number of piperazine rings is 1. The van der Waals surface area contributed by atoms with E-state index in [1.807, 2.05) is 4.90 Å². The number of carbonyl (C=O) groups excluding carboxylic acids is 4. The predicted molar refractivity (Wildman–Crippen MR) is 126 cm³/mol.